The lowest BCUT2D eigenvalue weighted by Gasteiger charge is -2.35. The van der Waals surface area contributed by atoms with Gasteiger partial charge in [0.05, 0.1) is 11.1 Å². The van der Waals surface area contributed by atoms with Crippen LogP contribution in [0.3, 0.4) is 0 Å². The van der Waals surface area contributed by atoms with Crippen molar-refractivity contribution in [2.75, 3.05) is 0 Å². The molecule has 0 amide bonds. The van der Waals surface area contributed by atoms with E-state index in [1.165, 1.54) is 0 Å². The van der Waals surface area contributed by atoms with Gasteiger partial charge < -0.3 is 0 Å². The Morgan fingerprint density at radius 3 is 1.82 bits per heavy atom. The lowest BCUT2D eigenvalue weighted by molar-refractivity contribution is -0.159. The van der Waals surface area contributed by atoms with E-state index in [0.717, 1.165) is 5.06 Å². The van der Waals surface area contributed by atoms with E-state index in [1.807, 2.05) is 27.7 Å². The van der Waals surface area contributed by atoms with E-state index in [2.05, 4.69) is 4.99 Å². The minimum Gasteiger partial charge on any atom is -0.262 e. The zero-order valence-corrected chi connectivity index (χ0v) is 7.80. The molecular formula is C8H15N2O. The van der Waals surface area contributed by atoms with Crippen LogP contribution in [-0.2, 0) is 5.21 Å². The van der Waals surface area contributed by atoms with E-state index in [4.69, 9.17) is 0 Å². The third-order valence-corrected chi connectivity index (χ3v) is 2.74. The molecule has 3 nitrogen and oxygen atoms in total. The first-order valence-electron chi connectivity index (χ1n) is 3.83. The Balaban J connectivity index is 3.05. The number of rotatable bonds is 0. The van der Waals surface area contributed by atoms with Crippen molar-refractivity contribution in [2.45, 2.75) is 45.7 Å². The van der Waals surface area contributed by atoms with Gasteiger partial charge in [0, 0.05) is 0 Å². The first-order valence-corrected chi connectivity index (χ1v) is 3.83. The fraction of sp³-hybridized carbons (Fsp3) is 0.875. The van der Waals surface area contributed by atoms with Crippen LogP contribution < -0.4 is 0 Å². The van der Waals surface area contributed by atoms with Crippen LogP contribution in [0.4, 0.5) is 0 Å². The summed E-state index contributed by atoms with van der Waals surface area (Å²) in [5, 5.41) is 12.4. The van der Waals surface area contributed by atoms with Gasteiger partial charge in [0.25, 0.3) is 0 Å². The van der Waals surface area contributed by atoms with E-state index in [-0.39, 0.29) is 5.54 Å². The normalized spacial score (nSPS) is 27.1. The molecule has 3 heteroatoms. The highest BCUT2D eigenvalue weighted by molar-refractivity contribution is 5.82. The third kappa shape index (κ3) is 0.948. The molecule has 0 spiro atoms. The second kappa shape index (κ2) is 1.97. The van der Waals surface area contributed by atoms with Crippen LogP contribution in [0.1, 0.15) is 34.6 Å². The standard InChI is InChI=1S/C8H15N2O/c1-6-9-7(2,3)8(4,5)10(6)11/h1-5H3. The van der Waals surface area contributed by atoms with Gasteiger partial charge in [-0.25, -0.2) is 0 Å². The fourth-order valence-corrected chi connectivity index (χ4v) is 1.24. The van der Waals surface area contributed by atoms with E-state index >= 15 is 0 Å². The minimum absolute atomic E-state index is 0.265. The average molecular weight is 155 g/mol. The van der Waals surface area contributed by atoms with Gasteiger partial charge >= 0.3 is 0 Å². The molecule has 1 radical (unpaired) electrons. The van der Waals surface area contributed by atoms with Crippen LogP contribution in [0, 0.1) is 0 Å². The molecule has 0 aromatic carbocycles. The number of nitrogens with zero attached hydrogens (tertiary/aromatic N) is 2. The van der Waals surface area contributed by atoms with Gasteiger partial charge in [-0.2, -0.15) is 5.06 Å². The van der Waals surface area contributed by atoms with E-state index in [9.17, 15) is 5.21 Å². The summed E-state index contributed by atoms with van der Waals surface area (Å²) in [5.41, 5.74) is -0.671. The van der Waals surface area contributed by atoms with Crippen molar-refractivity contribution in [1.29, 1.82) is 0 Å². The molecule has 0 fully saturated rings. The minimum atomic E-state index is -0.406. The Hall–Kier alpha value is -0.570. The molecule has 0 atom stereocenters. The summed E-state index contributed by atoms with van der Waals surface area (Å²) in [4.78, 5) is 4.28. The second-order valence-corrected chi connectivity index (χ2v) is 4.07. The summed E-state index contributed by atoms with van der Waals surface area (Å²) in [6.45, 7) is 9.55. The van der Waals surface area contributed by atoms with Crippen LogP contribution in [0.2, 0.25) is 0 Å². The Morgan fingerprint density at radius 1 is 1.27 bits per heavy atom. The Morgan fingerprint density at radius 2 is 1.73 bits per heavy atom. The first kappa shape index (κ1) is 8.53. The van der Waals surface area contributed by atoms with Crippen LogP contribution in [0.15, 0.2) is 4.99 Å². The van der Waals surface area contributed by atoms with Gasteiger partial charge in [0.15, 0.2) is 0 Å². The molecular weight excluding hydrogens is 140 g/mol. The zero-order valence-electron chi connectivity index (χ0n) is 7.80. The molecule has 0 saturated heterocycles. The summed E-state index contributed by atoms with van der Waals surface area (Å²) in [6, 6.07) is 0. The predicted octanol–water partition coefficient (Wildman–Crippen LogP) is 1.62. The molecule has 0 N–H and O–H groups in total. The summed E-state index contributed by atoms with van der Waals surface area (Å²) >= 11 is 0. The zero-order chi connectivity index (χ0) is 8.86. The van der Waals surface area contributed by atoms with Crippen LogP contribution >= 0.6 is 0 Å². The maximum absolute atomic E-state index is 11.4. The van der Waals surface area contributed by atoms with E-state index < -0.39 is 5.54 Å². The predicted molar refractivity (Wildman–Crippen MR) is 43.8 cm³/mol. The monoisotopic (exact) mass is 155 g/mol. The average Bonchev–Trinajstić information content (AvgIpc) is 1.93. The third-order valence-electron chi connectivity index (χ3n) is 2.74. The number of hydrogen-bond donors (Lipinski definition) is 0. The molecule has 0 unspecified atom stereocenters. The Labute approximate surface area is 67.7 Å². The summed E-state index contributed by atoms with van der Waals surface area (Å²) < 4.78 is 0. The quantitative estimate of drug-likeness (QED) is 0.523. The van der Waals surface area contributed by atoms with Crippen molar-refractivity contribution in [1.82, 2.24) is 5.06 Å². The molecule has 0 aromatic rings. The number of amidine groups is 1. The highest BCUT2D eigenvalue weighted by Crippen LogP contribution is 2.36. The largest absolute Gasteiger partial charge is 0.262 e. The maximum Gasteiger partial charge on any atom is 0.125 e. The second-order valence-electron chi connectivity index (χ2n) is 4.07. The fourth-order valence-electron chi connectivity index (χ4n) is 1.24. The summed E-state index contributed by atoms with van der Waals surface area (Å²) in [5.74, 6) is 0.583. The van der Waals surface area contributed by atoms with Crippen LogP contribution in [0.5, 0.6) is 0 Å². The highest BCUT2D eigenvalue weighted by atomic mass is 16.5. The van der Waals surface area contributed by atoms with Gasteiger partial charge in [-0.15, -0.1) is 0 Å². The molecule has 63 valence electrons. The molecule has 1 aliphatic rings. The highest BCUT2D eigenvalue weighted by Gasteiger charge is 2.48. The van der Waals surface area contributed by atoms with Gasteiger partial charge in [-0.3, -0.25) is 4.99 Å². The van der Waals surface area contributed by atoms with Crippen LogP contribution in [0.25, 0.3) is 0 Å². The van der Waals surface area contributed by atoms with E-state index in [1.54, 1.807) is 6.92 Å². The van der Waals surface area contributed by atoms with Crippen molar-refractivity contribution >= 4 is 5.84 Å². The number of hydrogen-bond acceptors (Lipinski definition) is 2. The first-order chi connectivity index (χ1) is 4.79. The molecule has 0 bridgehead atoms. The van der Waals surface area contributed by atoms with Crippen molar-refractivity contribution in [2.24, 2.45) is 4.99 Å². The van der Waals surface area contributed by atoms with E-state index in [0.29, 0.717) is 5.84 Å². The van der Waals surface area contributed by atoms with Crippen molar-refractivity contribution in [3.8, 4) is 0 Å². The number of hydroxylamine groups is 2. The SMILES string of the molecule is CC1=NC(C)(C)C(C)(C)N1[O]. The molecule has 0 aromatic heterocycles. The molecule has 1 rings (SSSR count). The molecule has 1 aliphatic heterocycles. The van der Waals surface area contributed by atoms with Gasteiger partial charge in [0.1, 0.15) is 5.84 Å². The van der Waals surface area contributed by atoms with Gasteiger partial charge in [-0.1, -0.05) is 5.21 Å². The maximum atomic E-state index is 11.4. The van der Waals surface area contributed by atoms with Gasteiger partial charge in [-0.05, 0) is 34.6 Å². The van der Waals surface area contributed by atoms with Crippen molar-refractivity contribution in [3.63, 3.8) is 0 Å². The molecule has 0 saturated carbocycles. The molecule has 1 heterocycles. The molecule has 0 aliphatic carbocycles. The number of aliphatic imine (C=N–C) groups is 1. The Bertz CT molecular complexity index is 206. The lowest BCUT2D eigenvalue weighted by Crippen LogP contribution is -2.50. The lowest BCUT2D eigenvalue weighted by atomic mass is 9.84. The van der Waals surface area contributed by atoms with Crippen molar-refractivity contribution in [3.05, 3.63) is 0 Å². The smallest absolute Gasteiger partial charge is 0.125 e. The summed E-state index contributed by atoms with van der Waals surface area (Å²) in [7, 11) is 0. The van der Waals surface area contributed by atoms with Gasteiger partial charge in [0.2, 0.25) is 0 Å². The summed E-state index contributed by atoms with van der Waals surface area (Å²) in [6.07, 6.45) is 0. The topological polar surface area (TPSA) is 35.5 Å². The van der Waals surface area contributed by atoms with Crippen LogP contribution in [-0.4, -0.2) is 22.0 Å². The Kier molecular flexibility index (Phi) is 1.53. The van der Waals surface area contributed by atoms with Crippen molar-refractivity contribution < 1.29 is 5.21 Å². The molecule has 11 heavy (non-hydrogen) atoms.